The van der Waals surface area contributed by atoms with Crippen molar-refractivity contribution in [3.63, 3.8) is 0 Å². The van der Waals surface area contributed by atoms with Crippen LogP contribution in [0.5, 0.6) is 0 Å². The molecule has 9 nitrogen and oxygen atoms in total. The third kappa shape index (κ3) is 6.31. The molecule has 9 heteroatoms. The Labute approximate surface area is 295 Å². The van der Waals surface area contributed by atoms with Gasteiger partial charge in [-0.1, -0.05) is 49.5 Å². The number of fused-ring (bicyclic) bond motifs is 5. The summed E-state index contributed by atoms with van der Waals surface area (Å²) in [6.45, 7) is 3.28. The van der Waals surface area contributed by atoms with Crippen molar-refractivity contribution in [2.75, 3.05) is 39.4 Å². The average molecular weight is 681 g/mol. The van der Waals surface area contributed by atoms with E-state index in [1.165, 1.54) is 49.7 Å². The van der Waals surface area contributed by atoms with Gasteiger partial charge in [-0.2, -0.15) is 0 Å². The number of amides is 3. The Balaban J connectivity index is 1.15. The molecule has 266 valence electrons. The lowest BCUT2D eigenvalue weighted by Crippen LogP contribution is -2.66. The molecule has 0 radical (unpaired) electrons. The van der Waals surface area contributed by atoms with Crippen LogP contribution in [-0.4, -0.2) is 71.9 Å². The van der Waals surface area contributed by atoms with Crippen LogP contribution in [0, 0.1) is 17.8 Å². The molecule has 2 aromatic heterocycles. The maximum absolute atomic E-state index is 14.9. The third-order valence-corrected chi connectivity index (χ3v) is 12.5. The maximum Gasteiger partial charge on any atom is 0.228 e. The van der Waals surface area contributed by atoms with E-state index in [0.29, 0.717) is 58.2 Å². The molecule has 3 aromatic rings. The number of aromatic amines is 1. The van der Waals surface area contributed by atoms with Crippen molar-refractivity contribution in [1.29, 1.82) is 0 Å². The van der Waals surface area contributed by atoms with Gasteiger partial charge in [-0.05, 0) is 87.5 Å². The van der Waals surface area contributed by atoms with Crippen LogP contribution in [0.15, 0.2) is 52.7 Å². The number of H-pyrrole nitrogens is 1. The minimum Gasteiger partial charge on any atom is -0.464 e. The quantitative estimate of drug-likeness (QED) is 0.227. The first-order valence-corrected chi connectivity index (χ1v) is 19.3. The van der Waals surface area contributed by atoms with E-state index < -0.39 is 17.4 Å². The highest BCUT2D eigenvalue weighted by atomic mass is 16.5. The van der Waals surface area contributed by atoms with E-state index in [-0.39, 0.29) is 24.1 Å². The van der Waals surface area contributed by atoms with E-state index in [9.17, 15) is 14.4 Å². The smallest absolute Gasteiger partial charge is 0.228 e. The molecular formula is C41H52N4O5. The van der Waals surface area contributed by atoms with Gasteiger partial charge in [0, 0.05) is 60.7 Å². The molecule has 50 heavy (non-hydrogen) atoms. The first-order valence-electron chi connectivity index (χ1n) is 19.3. The second-order valence-corrected chi connectivity index (χ2v) is 15.4. The van der Waals surface area contributed by atoms with E-state index >= 15 is 0 Å². The van der Waals surface area contributed by atoms with E-state index in [4.69, 9.17) is 9.15 Å². The van der Waals surface area contributed by atoms with Gasteiger partial charge >= 0.3 is 0 Å². The van der Waals surface area contributed by atoms with Crippen LogP contribution in [0.1, 0.15) is 94.7 Å². The first kappa shape index (κ1) is 33.3. The molecule has 2 saturated heterocycles. The number of rotatable bonds is 10. The monoisotopic (exact) mass is 680 g/mol. The zero-order valence-electron chi connectivity index (χ0n) is 29.4. The number of benzene rings is 1. The number of piperidine rings is 1. The summed E-state index contributed by atoms with van der Waals surface area (Å²) in [7, 11) is 0. The van der Waals surface area contributed by atoms with Crippen molar-refractivity contribution in [3.05, 3.63) is 59.5 Å². The molecule has 8 rings (SSSR count). The number of allylic oxidation sites excluding steroid dienone is 1. The number of carbonyl (C=O) groups excluding carboxylic acids is 3. The van der Waals surface area contributed by atoms with Crippen LogP contribution < -0.4 is 5.32 Å². The van der Waals surface area contributed by atoms with E-state index in [1.54, 1.807) is 6.26 Å². The largest absolute Gasteiger partial charge is 0.464 e. The molecule has 3 fully saturated rings. The fourth-order valence-electron chi connectivity index (χ4n) is 9.94. The van der Waals surface area contributed by atoms with Crippen LogP contribution >= 0.6 is 0 Å². The van der Waals surface area contributed by atoms with Gasteiger partial charge in [-0.25, -0.2) is 0 Å². The van der Waals surface area contributed by atoms with Gasteiger partial charge in [0.15, 0.2) is 0 Å². The van der Waals surface area contributed by atoms with E-state index in [2.05, 4.69) is 39.5 Å². The highest BCUT2D eigenvalue weighted by molar-refractivity contribution is 5.94. The fraction of sp³-hybridized carbons (Fsp3) is 0.585. The van der Waals surface area contributed by atoms with E-state index in [1.807, 2.05) is 17.0 Å². The van der Waals surface area contributed by atoms with Crippen LogP contribution in [0.4, 0.5) is 0 Å². The van der Waals surface area contributed by atoms with Gasteiger partial charge in [0.1, 0.15) is 5.76 Å². The number of aromatic nitrogens is 1. The Morgan fingerprint density at radius 2 is 1.88 bits per heavy atom. The molecule has 0 bridgehead atoms. The van der Waals surface area contributed by atoms with Crippen molar-refractivity contribution in [2.45, 2.75) is 95.4 Å². The van der Waals surface area contributed by atoms with Crippen molar-refractivity contribution in [1.82, 2.24) is 20.1 Å². The van der Waals surface area contributed by atoms with Gasteiger partial charge in [-0.15, -0.1) is 0 Å². The van der Waals surface area contributed by atoms with Gasteiger partial charge in [0.25, 0.3) is 0 Å². The van der Waals surface area contributed by atoms with Gasteiger partial charge < -0.3 is 29.3 Å². The van der Waals surface area contributed by atoms with Crippen molar-refractivity contribution in [2.24, 2.45) is 17.8 Å². The molecule has 5 heterocycles. The minimum atomic E-state index is -0.799. The summed E-state index contributed by atoms with van der Waals surface area (Å²) in [5.41, 5.74) is 4.86. The predicted octanol–water partition coefficient (Wildman–Crippen LogP) is 6.87. The molecule has 0 unspecified atom stereocenters. The summed E-state index contributed by atoms with van der Waals surface area (Å²) in [6.07, 6.45) is 17.4. The molecule has 5 aliphatic rings. The van der Waals surface area contributed by atoms with Crippen molar-refractivity contribution >= 4 is 28.6 Å². The number of morpholine rings is 1. The zero-order chi connectivity index (χ0) is 34.1. The SMILES string of the molecule is O=C(C[C@H]1C[C@H](C(=O)N2CCOCC2)[C@@]2(CCC3CCCC3)c3[nH]c4cc(-c5ccco5)ccc4c3CCN2C1=O)NCCC1=CCCCC1. The topological polar surface area (TPSA) is 108 Å². The van der Waals surface area contributed by atoms with Gasteiger partial charge in [-0.3, -0.25) is 14.4 Å². The number of carbonyl (C=O) groups is 3. The standard InChI is InChI=1S/C41H52N4O5/c46-37(42-18-15-29-7-2-1-3-8-29)27-31-25-34(40(48)44-20-23-49-24-21-44)41(17-14-28-9-4-5-10-28)38-33(16-19-45(41)39(31)47)32-13-12-30(26-35(32)43-38)36-11-6-22-50-36/h6-7,11-13,22,26,28,31,34,43H,1-5,8-10,14-21,23-25,27H2,(H,42,46)/t31-,34-,41+/m1/s1. The number of ether oxygens (including phenoxy) is 1. The second kappa shape index (κ2) is 14.4. The molecule has 0 spiro atoms. The summed E-state index contributed by atoms with van der Waals surface area (Å²) in [6, 6.07) is 10.3. The Kier molecular flexibility index (Phi) is 9.60. The molecule has 3 aliphatic heterocycles. The average Bonchev–Trinajstić information content (AvgIpc) is 3.95. The molecule has 1 saturated carbocycles. The lowest BCUT2D eigenvalue weighted by atomic mass is 9.64. The number of hydrogen-bond donors (Lipinski definition) is 2. The lowest BCUT2D eigenvalue weighted by Gasteiger charge is -2.56. The molecule has 3 atom stereocenters. The third-order valence-electron chi connectivity index (χ3n) is 12.5. The Hall–Kier alpha value is -3.85. The van der Waals surface area contributed by atoms with Gasteiger partial charge in [0.2, 0.25) is 17.7 Å². The Morgan fingerprint density at radius 3 is 2.66 bits per heavy atom. The van der Waals surface area contributed by atoms with Crippen LogP contribution in [0.25, 0.3) is 22.2 Å². The minimum absolute atomic E-state index is 0.0215. The van der Waals surface area contributed by atoms with Gasteiger partial charge in [0.05, 0.1) is 30.9 Å². The predicted molar refractivity (Wildman–Crippen MR) is 192 cm³/mol. The number of nitrogens with zero attached hydrogens (tertiary/aromatic N) is 2. The first-order chi connectivity index (χ1) is 24.5. The number of hydrogen-bond acceptors (Lipinski definition) is 5. The molecule has 2 N–H and O–H groups in total. The molecule has 1 aromatic carbocycles. The lowest BCUT2D eigenvalue weighted by molar-refractivity contribution is -0.169. The summed E-state index contributed by atoms with van der Waals surface area (Å²) in [5.74, 6) is 0.439. The Bertz CT molecular complexity index is 1730. The maximum atomic E-state index is 14.9. The van der Waals surface area contributed by atoms with Crippen LogP contribution in [0.3, 0.4) is 0 Å². The zero-order valence-corrected chi connectivity index (χ0v) is 29.4. The highest BCUT2D eigenvalue weighted by Gasteiger charge is 2.59. The Morgan fingerprint density at radius 1 is 1.02 bits per heavy atom. The van der Waals surface area contributed by atoms with Crippen molar-refractivity contribution < 1.29 is 23.5 Å². The summed E-state index contributed by atoms with van der Waals surface area (Å²) < 4.78 is 11.4. The summed E-state index contributed by atoms with van der Waals surface area (Å²) in [4.78, 5) is 51.0. The number of nitrogens with one attached hydrogen (secondary N) is 2. The molecule has 2 aliphatic carbocycles. The summed E-state index contributed by atoms with van der Waals surface area (Å²) in [5, 5.41) is 4.27. The second-order valence-electron chi connectivity index (χ2n) is 15.4. The van der Waals surface area contributed by atoms with Crippen molar-refractivity contribution in [3.8, 4) is 11.3 Å². The fourth-order valence-corrected chi connectivity index (χ4v) is 9.94. The summed E-state index contributed by atoms with van der Waals surface area (Å²) >= 11 is 0. The number of furan rings is 1. The normalized spacial score (nSPS) is 25.8. The molecular weight excluding hydrogens is 628 g/mol. The highest BCUT2D eigenvalue weighted by Crippen LogP contribution is 2.54. The molecule has 3 amide bonds. The van der Waals surface area contributed by atoms with Crippen LogP contribution in [0.2, 0.25) is 0 Å². The van der Waals surface area contributed by atoms with Crippen LogP contribution in [-0.2, 0) is 31.1 Å². The van der Waals surface area contributed by atoms with E-state index in [0.717, 1.165) is 60.0 Å².